The van der Waals surface area contributed by atoms with Crippen LogP contribution in [0.5, 0.6) is 23.0 Å². The molecule has 2 aliphatic heterocycles. The van der Waals surface area contributed by atoms with Gasteiger partial charge < -0.3 is 29.0 Å². The predicted octanol–water partition coefficient (Wildman–Crippen LogP) is 3.43. The molecule has 0 atom stereocenters. The number of hydrogen-bond donors (Lipinski definition) is 1. The van der Waals surface area contributed by atoms with E-state index in [1.807, 2.05) is 0 Å². The van der Waals surface area contributed by atoms with Crippen LogP contribution in [0.1, 0.15) is 19.4 Å². The topological polar surface area (TPSA) is 130 Å². The molecule has 1 saturated heterocycles. The summed E-state index contributed by atoms with van der Waals surface area (Å²) in [6.07, 6.45) is 1.26. The van der Waals surface area contributed by atoms with E-state index in [1.165, 1.54) is 13.2 Å². The Kier molecular flexibility index (Phi) is 7.87. The van der Waals surface area contributed by atoms with Crippen molar-refractivity contribution >= 4 is 46.5 Å². The van der Waals surface area contributed by atoms with Crippen molar-refractivity contribution in [3.8, 4) is 23.0 Å². The van der Waals surface area contributed by atoms with Gasteiger partial charge in [-0.15, -0.1) is 0 Å². The Morgan fingerprint density at radius 2 is 1.89 bits per heavy atom. The van der Waals surface area contributed by atoms with Crippen LogP contribution in [0, 0.1) is 0 Å². The number of carbonyl (C=O) groups is 4. The first-order valence-electron chi connectivity index (χ1n) is 11.2. The molecule has 0 saturated carbocycles. The Balaban J connectivity index is 1.39. The summed E-state index contributed by atoms with van der Waals surface area (Å²) < 4.78 is 26.4. The van der Waals surface area contributed by atoms with E-state index in [0.717, 1.165) is 16.7 Å². The quantitative estimate of drug-likeness (QED) is 0.382. The van der Waals surface area contributed by atoms with Crippen molar-refractivity contribution in [2.45, 2.75) is 20.0 Å². The normalized spacial score (nSPS) is 15.4. The standard InChI is InChI=1S/C25H24N2O9S/c1-14(2)36-23(29)12-33-17-6-4-15(8-19(17)32-3)9-21-24(30)27(25(31)37-21)11-22(28)26-16-5-7-18-20(10-16)35-13-34-18/h4-10,14H,11-13H2,1-3H3,(H,26,28)/b21-9-. The third-order valence-electron chi connectivity index (χ3n) is 5.03. The van der Waals surface area contributed by atoms with Gasteiger partial charge >= 0.3 is 5.97 Å². The van der Waals surface area contributed by atoms with E-state index >= 15 is 0 Å². The summed E-state index contributed by atoms with van der Waals surface area (Å²) in [5.74, 6) is 0.0563. The molecule has 4 rings (SSSR count). The summed E-state index contributed by atoms with van der Waals surface area (Å²) in [6.45, 7) is 2.84. The summed E-state index contributed by atoms with van der Waals surface area (Å²) in [6, 6.07) is 9.71. The highest BCUT2D eigenvalue weighted by Gasteiger charge is 2.36. The lowest BCUT2D eigenvalue weighted by Crippen LogP contribution is -2.36. The fourth-order valence-electron chi connectivity index (χ4n) is 3.43. The van der Waals surface area contributed by atoms with Crippen LogP contribution >= 0.6 is 11.8 Å². The molecule has 2 aromatic carbocycles. The number of methoxy groups -OCH3 is 1. The van der Waals surface area contributed by atoms with Crippen molar-refractivity contribution in [3.05, 3.63) is 46.9 Å². The Morgan fingerprint density at radius 1 is 1.11 bits per heavy atom. The minimum absolute atomic E-state index is 0.102. The number of ether oxygens (including phenoxy) is 5. The van der Waals surface area contributed by atoms with Crippen molar-refractivity contribution in [2.75, 3.05) is 32.4 Å². The zero-order valence-corrected chi connectivity index (χ0v) is 21.1. The van der Waals surface area contributed by atoms with E-state index in [-0.39, 0.29) is 24.4 Å². The number of nitrogens with one attached hydrogen (secondary N) is 1. The number of hydrogen-bond acceptors (Lipinski definition) is 10. The maximum Gasteiger partial charge on any atom is 0.344 e. The Labute approximate surface area is 216 Å². The van der Waals surface area contributed by atoms with Gasteiger partial charge in [0, 0.05) is 11.8 Å². The molecule has 12 heteroatoms. The predicted molar refractivity (Wildman–Crippen MR) is 134 cm³/mol. The third-order valence-corrected chi connectivity index (χ3v) is 5.94. The number of amides is 3. The van der Waals surface area contributed by atoms with E-state index in [0.29, 0.717) is 34.2 Å². The molecule has 0 unspecified atom stereocenters. The molecule has 0 aromatic heterocycles. The molecule has 3 amide bonds. The molecule has 1 N–H and O–H groups in total. The third kappa shape index (κ3) is 6.33. The van der Waals surface area contributed by atoms with E-state index in [9.17, 15) is 19.2 Å². The lowest BCUT2D eigenvalue weighted by Gasteiger charge is -2.13. The number of benzene rings is 2. The second-order valence-electron chi connectivity index (χ2n) is 8.12. The highest BCUT2D eigenvalue weighted by atomic mass is 32.2. The fraction of sp³-hybridized carbons (Fsp3) is 0.280. The monoisotopic (exact) mass is 528 g/mol. The van der Waals surface area contributed by atoms with Crippen LogP contribution in [0.4, 0.5) is 10.5 Å². The number of nitrogens with zero attached hydrogens (tertiary/aromatic N) is 1. The molecular weight excluding hydrogens is 504 g/mol. The van der Waals surface area contributed by atoms with E-state index < -0.39 is 29.6 Å². The number of anilines is 1. The lowest BCUT2D eigenvalue weighted by atomic mass is 10.2. The van der Waals surface area contributed by atoms with Gasteiger partial charge in [0.15, 0.2) is 29.6 Å². The molecule has 0 spiro atoms. The molecule has 0 aliphatic carbocycles. The van der Waals surface area contributed by atoms with Gasteiger partial charge in [-0.1, -0.05) is 6.07 Å². The maximum absolute atomic E-state index is 12.8. The summed E-state index contributed by atoms with van der Waals surface area (Å²) in [7, 11) is 1.44. The van der Waals surface area contributed by atoms with Gasteiger partial charge in [-0.25, -0.2) is 4.79 Å². The molecule has 2 heterocycles. The molecule has 194 valence electrons. The number of esters is 1. The zero-order chi connectivity index (χ0) is 26.5. The van der Waals surface area contributed by atoms with Crippen LogP contribution in [0.15, 0.2) is 41.3 Å². The van der Waals surface area contributed by atoms with Crippen molar-refractivity contribution in [1.82, 2.24) is 4.90 Å². The van der Waals surface area contributed by atoms with Crippen molar-refractivity contribution in [2.24, 2.45) is 0 Å². The first kappa shape index (κ1) is 25.9. The Hall–Kier alpha value is -4.19. The zero-order valence-electron chi connectivity index (χ0n) is 20.3. The van der Waals surface area contributed by atoms with Gasteiger partial charge in [0.05, 0.1) is 18.1 Å². The summed E-state index contributed by atoms with van der Waals surface area (Å²) in [5.41, 5.74) is 1.01. The van der Waals surface area contributed by atoms with Crippen LogP contribution in [0.2, 0.25) is 0 Å². The highest BCUT2D eigenvalue weighted by molar-refractivity contribution is 8.18. The minimum atomic E-state index is -0.591. The van der Waals surface area contributed by atoms with Gasteiger partial charge in [0.25, 0.3) is 11.1 Å². The van der Waals surface area contributed by atoms with Gasteiger partial charge in [0.1, 0.15) is 6.54 Å². The Bertz CT molecular complexity index is 1270. The SMILES string of the molecule is COc1cc(/C=C2\SC(=O)N(CC(=O)Nc3ccc4c(c3)OCO4)C2=O)ccc1OCC(=O)OC(C)C. The minimum Gasteiger partial charge on any atom is -0.493 e. The molecule has 0 bridgehead atoms. The van der Waals surface area contributed by atoms with Crippen LogP contribution in [-0.2, 0) is 19.1 Å². The molecule has 0 radical (unpaired) electrons. The van der Waals surface area contributed by atoms with E-state index in [2.05, 4.69) is 5.32 Å². The van der Waals surface area contributed by atoms with Crippen LogP contribution in [0.25, 0.3) is 6.08 Å². The summed E-state index contributed by atoms with van der Waals surface area (Å²) in [5, 5.41) is 2.08. The number of carbonyl (C=O) groups excluding carboxylic acids is 4. The number of fused-ring (bicyclic) bond motifs is 1. The van der Waals surface area contributed by atoms with Crippen LogP contribution in [0.3, 0.4) is 0 Å². The Morgan fingerprint density at radius 3 is 2.65 bits per heavy atom. The van der Waals surface area contributed by atoms with Crippen molar-refractivity contribution in [1.29, 1.82) is 0 Å². The van der Waals surface area contributed by atoms with Crippen molar-refractivity contribution < 1.29 is 42.9 Å². The average molecular weight is 529 g/mol. The number of thioether (sulfide) groups is 1. The second-order valence-corrected chi connectivity index (χ2v) is 9.11. The molecule has 1 fully saturated rings. The summed E-state index contributed by atoms with van der Waals surface area (Å²) in [4.78, 5) is 50.5. The first-order chi connectivity index (χ1) is 17.7. The maximum atomic E-state index is 12.8. The van der Waals surface area contributed by atoms with Gasteiger partial charge in [-0.05, 0) is 61.5 Å². The van der Waals surface area contributed by atoms with Crippen molar-refractivity contribution in [3.63, 3.8) is 0 Å². The molecule has 37 heavy (non-hydrogen) atoms. The van der Waals surface area contributed by atoms with E-state index in [4.69, 9.17) is 23.7 Å². The molecule has 11 nitrogen and oxygen atoms in total. The fourth-order valence-corrected chi connectivity index (χ4v) is 4.27. The smallest absolute Gasteiger partial charge is 0.344 e. The average Bonchev–Trinajstić information content (AvgIpc) is 3.42. The summed E-state index contributed by atoms with van der Waals surface area (Å²) >= 11 is 0.727. The first-order valence-corrected chi connectivity index (χ1v) is 12.0. The van der Waals surface area contributed by atoms with Crippen LogP contribution in [-0.4, -0.2) is 61.1 Å². The van der Waals surface area contributed by atoms with E-state index in [1.54, 1.807) is 50.2 Å². The van der Waals surface area contributed by atoms with Gasteiger partial charge in [0.2, 0.25) is 12.7 Å². The lowest BCUT2D eigenvalue weighted by molar-refractivity contribution is -0.149. The number of rotatable bonds is 9. The van der Waals surface area contributed by atoms with Gasteiger partial charge in [-0.2, -0.15) is 0 Å². The molecule has 2 aromatic rings. The van der Waals surface area contributed by atoms with Gasteiger partial charge in [-0.3, -0.25) is 19.3 Å². The van der Waals surface area contributed by atoms with Crippen LogP contribution < -0.4 is 24.3 Å². The second kappa shape index (κ2) is 11.2. The largest absolute Gasteiger partial charge is 0.493 e. The molecular formula is C25H24N2O9S. The number of imide groups is 1. The highest BCUT2D eigenvalue weighted by Crippen LogP contribution is 2.36. The molecule has 2 aliphatic rings.